The first kappa shape index (κ1) is 15.5. The molecule has 0 aliphatic carbocycles. The lowest BCUT2D eigenvalue weighted by Crippen LogP contribution is -2.30. The third-order valence-corrected chi connectivity index (χ3v) is 3.29. The van der Waals surface area contributed by atoms with Gasteiger partial charge in [-0.05, 0) is 24.6 Å². The molecule has 7 heteroatoms. The van der Waals surface area contributed by atoms with Gasteiger partial charge >= 0.3 is 0 Å². The number of benzene rings is 1. The Bertz CT molecular complexity index is 625. The monoisotopic (exact) mass is 307 g/mol. The second-order valence-corrected chi connectivity index (χ2v) is 5.45. The molecule has 0 saturated heterocycles. The Hall–Kier alpha value is -1.92. The fourth-order valence-corrected chi connectivity index (χ4v) is 2.07. The van der Waals surface area contributed by atoms with Crippen molar-refractivity contribution in [2.24, 2.45) is 5.73 Å². The molecule has 1 atom stereocenters. The number of hydrogen-bond acceptors (Lipinski definition) is 4. The molecule has 1 aromatic heterocycles. The number of nitrogens with zero attached hydrogens (tertiary/aromatic N) is 4. The Balaban J connectivity index is 1.95. The van der Waals surface area contributed by atoms with Crippen LogP contribution in [0.5, 0.6) is 0 Å². The standard InChI is InChI=1S/C14H18ClN5O/c1-10(16)13-8-20(18-17-13)9-14(21)19(2)7-11-4-3-5-12(15)6-11/h3-6,8,10H,7,9,16H2,1-2H3. The number of amides is 1. The van der Waals surface area contributed by atoms with Crippen LogP contribution in [0.1, 0.15) is 24.2 Å². The summed E-state index contributed by atoms with van der Waals surface area (Å²) in [5.41, 5.74) is 7.36. The van der Waals surface area contributed by atoms with Gasteiger partial charge in [-0.25, -0.2) is 4.68 Å². The molecule has 1 unspecified atom stereocenters. The third kappa shape index (κ3) is 4.27. The predicted octanol–water partition coefficient (Wildman–Crippen LogP) is 1.61. The maximum absolute atomic E-state index is 12.2. The summed E-state index contributed by atoms with van der Waals surface area (Å²) in [4.78, 5) is 13.8. The number of aromatic nitrogens is 3. The van der Waals surface area contributed by atoms with Gasteiger partial charge in [-0.3, -0.25) is 4.79 Å². The van der Waals surface area contributed by atoms with E-state index in [4.69, 9.17) is 17.3 Å². The molecule has 1 heterocycles. The summed E-state index contributed by atoms with van der Waals surface area (Å²) in [5.74, 6) is -0.0592. The first-order valence-corrected chi connectivity index (χ1v) is 6.97. The Labute approximate surface area is 128 Å². The molecular formula is C14H18ClN5O. The van der Waals surface area contributed by atoms with E-state index >= 15 is 0 Å². The molecule has 0 fully saturated rings. The van der Waals surface area contributed by atoms with Crippen molar-refractivity contribution in [1.82, 2.24) is 19.9 Å². The van der Waals surface area contributed by atoms with Crippen LogP contribution in [0.25, 0.3) is 0 Å². The average molecular weight is 308 g/mol. The minimum Gasteiger partial charge on any atom is -0.340 e. The normalized spacial score (nSPS) is 12.2. The van der Waals surface area contributed by atoms with E-state index in [0.717, 1.165) is 5.56 Å². The van der Waals surface area contributed by atoms with Crippen molar-refractivity contribution in [3.05, 3.63) is 46.7 Å². The van der Waals surface area contributed by atoms with Gasteiger partial charge in [0, 0.05) is 24.7 Å². The van der Waals surface area contributed by atoms with Crippen LogP contribution in [0.4, 0.5) is 0 Å². The zero-order valence-electron chi connectivity index (χ0n) is 12.0. The largest absolute Gasteiger partial charge is 0.340 e. The van der Waals surface area contributed by atoms with Crippen molar-refractivity contribution in [2.75, 3.05) is 7.05 Å². The van der Waals surface area contributed by atoms with Gasteiger partial charge in [0.15, 0.2) is 0 Å². The zero-order valence-corrected chi connectivity index (χ0v) is 12.8. The van der Waals surface area contributed by atoms with Gasteiger partial charge in [0.2, 0.25) is 5.91 Å². The van der Waals surface area contributed by atoms with Gasteiger partial charge in [-0.2, -0.15) is 0 Å². The lowest BCUT2D eigenvalue weighted by atomic mass is 10.2. The molecule has 2 aromatic rings. The summed E-state index contributed by atoms with van der Waals surface area (Å²) in [5, 5.41) is 8.48. The van der Waals surface area contributed by atoms with Crippen LogP contribution >= 0.6 is 11.6 Å². The van der Waals surface area contributed by atoms with Gasteiger partial charge in [0.25, 0.3) is 0 Å². The molecule has 21 heavy (non-hydrogen) atoms. The lowest BCUT2D eigenvalue weighted by Gasteiger charge is -2.17. The first-order valence-electron chi connectivity index (χ1n) is 6.59. The van der Waals surface area contributed by atoms with E-state index in [9.17, 15) is 4.79 Å². The van der Waals surface area contributed by atoms with Gasteiger partial charge in [0.05, 0.1) is 11.9 Å². The molecule has 0 aliphatic rings. The average Bonchev–Trinajstić information content (AvgIpc) is 2.87. The molecule has 1 amide bonds. The van der Waals surface area contributed by atoms with E-state index in [1.54, 1.807) is 24.2 Å². The molecule has 2 rings (SSSR count). The van der Waals surface area contributed by atoms with E-state index < -0.39 is 0 Å². The van der Waals surface area contributed by atoms with Crippen molar-refractivity contribution >= 4 is 17.5 Å². The second kappa shape index (κ2) is 6.69. The second-order valence-electron chi connectivity index (χ2n) is 5.01. The molecule has 6 nitrogen and oxygen atoms in total. The van der Waals surface area contributed by atoms with E-state index in [1.165, 1.54) is 4.68 Å². The van der Waals surface area contributed by atoms with E-state index in [-0.39, 0.29) is 18.5 Å². The van der Waals surface area contributed by atoms with Gasteiger partial charge < -0.3 is 10.6 Å². The van der Waals surface area contributed by atoms with Crippen molar-refractivity contribution in [3.63, 3.8) is 0 Å². The van der Waals surface area contributed by atoms with Crippen LogP contribution < -0.4 is 5.73 Å². The SMILES string of the molecule is CC(N)c1cn(CC(=O)N(C)Cc2cccc(Cl)c2)nn1. The fourth-order valence-electron chi connectivity index (χ4n) is 1.86. The van der Waals surface area contributed by atoms with Gasteiger partial charge in [-0.1, -0.05) is 28.9 Å². The van der Waals surface area contributed by atoms with Crippen LogP contribution in [0.15, 0.2) is 30.5 Å². The van der Waals surface area contributed by atoms with Crippen molar-refractivity contribution in [3.8, 4) is 0 Å². The number of nitrogens with two attached hydrogens (primary N) is 1. The Morgan fingerprint density at radius 2 is 2.29 bits per heavy atom. The molecule has 112 valence electrons. The Morgan fingerprint density at radius 1 is 1.52 bits per heavy atom. The summed E-state index contributed by atoms with van der Waals surface area (Å²) in [6, 6.07) is 7.24. The van der Waals surface area contributed by atoms with Crippen LogP contribution in [0.3, 0.4) is 0 Å². The Morgan fingerprint density at radius 3 is 2.90 bits per heavy atom. The highest BCUT2D eigenvalue weighted by Crippen LogP contribution is 2.12. The van der Waals surface area contributed by atoms with Crippen LogP contribution in [-0.2, 0) is 17.9 Å². The number of rotatable bonds is 5. The molecule has 0 aliphatic heterocycles. The smallest absolute Gasteiger partial charge is 0.244 e. The highest BCUT2D eigenvalue weighted by Gasteiger charge is 2.12. The van der Waals surface area contributed by atoms with E-state index in [2.05, 4.69) is 10.3 Å². The topological polar surface area (TPSA) is 77.0 Å². The Kier molecular flexibility index (Phi) is 4.93. The van der Waals surface area contributed by atoms with Crippen LogP contribution in [-0.4, -0.2) is 32.8 Å². The van der Waals surface area contributed by atoms with Crippen molar-refractivity contribution in [1.29, 1.82) is 0 Å². The minimum absolute atomic E-state index is 0.0592. The molecule has 0 radical (unpaired) electrons. The number of carbonyl (C=O) groups excluding carboxylic acids is 1. The van der Waals surface area contributed by atoms with Crippen molar-refractivity contribution < 1.29 is 4.79 Å². The maximum Gasteiger partial charge on any atom is 0.244 e. The number of hydrogen-bond donors (Lipinski definition) is 1. The third-order valence-electron chi connectivity index (χ3n) is 3.05. The minimum atomic E-state index is -0.196. The molecule has 0 bridgehead atoms. The molecule has 1 aromatic carbocycles. The van der Waals surface area contributed by atoms with Gasteiger partial charge in [0.1, 0.15) is 6.54 Å². The highest BCUT2D eigenvalue weighted by molar-refractivity contribution is 6.30. The highest BCUT2D eigenvalue weighted by atomic mass is 35.5. The summed E-state index contributed by atoms with van der Waals surface area (Å²) >= 11 is 5.93. The van der Waals surface area contributed by atoms with E-state index in [1.807, 2.05) is 25.1 Å². The quantitative estimate of drug-likeness (QED) is 0.910. The maximum atomic E-state index is 12.2. The molecule has 0 saturated carbocycles. The zero-order chi connectivity index (χ0) is 15.4. The van der Waals surface area contributed by atoms with E-state index in [0.29, 0.717) is 17.3 Å². The summed E-state index contributed by atoms with van der Waals surface area (Å²) < 4.78 is 1.50. The summed E-state index contributed by atoms with van der Waals surface area (Å²) in [7, 11) is 1.74. The molecular weight excluding hydrogens is 290 g/mol. The molecule has 0 spiro atoms. The predicted molar refractivity (Wildman–Crippen MR) is 80.6 cm³/mol. The van der Waals surface area contributed by atoms with Crippen LogP contribution in [0, 0.1) is 0 Å². The van der Waals surface area contributed by atoms with Crippen molar-refractivity contribution in [2.45, 2.75) is 26.1 Å². The van der Waals surface area contributed by atoms with Crippen LogP contribution in [0.2, 0.25) is 5.02 Å². The number of halogens is 1. The summed E-state index contributed by atoms with van der Waals surface area (Å²) in [6.45, 7) is 2.45. The lowest BCUT2D eigenvalue weighted by molar-refractivity contribution is -0.131. The molecule has 2 N–H and O–H groups in total. The summed E-state index contributed by atoms with van der Waals surface area (Å²) in [6.07, 6.45) is 1.69. The first-order chi connectivity index (χ1) is 9.95. The number of likely N-dealkylation sites (N-methyl/N-ethyl adjacent to an activating group) is 1. The number of carbonyl (C=O) groups is 1. The fraction of sp³-hybridized carbons (Fsp3) is 0.357. The van der Waals surface area contributed by atoms with Gasteiger partial charge in [-0.15, -0.1) is 5.10 Å².